The highest BCUT2D eigenvalue weighted by molar-refractivity contribution is 7.89. The molecular weight excluding hydrogens is 260 g/mol. The lowest BCUT2D eigenvalue weighted by atomic mass is 10.1. The Balaban J connectivity index is 1.97. The third-order valence-corrected chi connectivity index (χ3v) is 5.74. The van der Waals surface area contributed by atoms with Crippen molar-refractivity contribution in [2.75, 3.05) is 31.9 Å². The second kappa shape index (κ2) is 6.03. The molecule has 1 aromatic carbocycles. The van der Waals surface area contributed by atoms with Crippen molar-refractivity contribution in [3.63, 3.8) is 0 Å². The van der Waals surface area contributed by atoms with Crippen LogP contribution in [0.5, 0.6) is 0 Å². The highest BCUT2D eigenvalue weighted by Crippen LogP contribution is 2.21. The normalized spacial score (nSPS) is 20.3. The Bertz CT molecular complexity index is 493. The van der Waals surface area contributed by atoms with E-state index < -0.39 is 10.0 Å². The molecular formula is C14H22N2O2S. The van der Waals surface area contributed by atoms with Gasteiger partial charge >= 0.3 is 0 Å². The minimum atomic E-state index is -3.03. The van der Waals surface area contributed by atoms with Gasteiger partial charge in [0.2, 0.25) is 10.0 Å². The Hall–Kier alpha value is -0.910. The summed E-state index contributed by atoms with van der Waals surface area (Å²) in [6.07, 6.45) is 0. The molecule has 0 saturated carbocycles. The van der Waals surface area contributed by atoms with E-state index >= 15 is 0 Å². The van der Waals surface area contributed by atoms with E-state index in [1.807, 2.05) is 18.2 Å². The van der Waals surface area contributed by atoms with Gasteiger partial charge in [0.1, 0.15) is 0 Å². The summed E-state index contributed by atoms with van der Waals surface area (Å²) in [4.78, 5) is 2.34. The van der Waals surface area contributed by atoms with Crippen LogP contribution < -0.4 is 0 Å². The van der Waals surface area contributed by atoms with Crippen LogP contribution in [-0.4, -0.2) is 49.6 Å². The minimum absolute atomic E-state index is 0.196. The van der Waals surface area contributed by atoms with Gasteiger partial charge in [0, 0.05) is 32.2 Å². The van der Waals surface area contributed by atoms with E-state index in [1.54, 1.807) is 11.2 Å². The van der Waals surface area contributed by atoms with Gasteiger partial charge in [-0.3, -0.25) is 4.90 Å². The average molecular weight is 282 g/mol. The maximum atomic E-state index is 11.8. The first-order chi connectivity index (χ1) is 9.04. The number of nitrogens with zero attached hydrogens (tertiary/aromatic N) is 2. The Morgan fingerprint density at radius 2 is 1.68 bits per heavy atom. The number of rotatable bonds is 4. The zero-order valence-corrected chi connectivity index (χ0v) is 12.4. The molecule has 1 aliphatic rings. The van der Waals surface area contributed by atoms with Crippen LogP contribution in [0.2, 0.25) is 0 Å². The first-order valence-electron chi connectivity index (χ1n) is 6.81. The van der Waals surface area contributed by atoms with Crippen LogP contribution in [0, 0.1) is 0 Å². The SMILES string of the molecule is CCS(=O)(=O)N1CCN(C(C)c2ccccc2)CC1. The van der Waals surface area contributed by atoms with Gasteiger partial charge in [-0.25, -0.2) is 8.42 Å². The van der Waals surface area contributed by atoms with Crippen molar-refractivity contribution in [3.8, 4) is 0 Å². The maximum Gasteiger partial charge on any atom is 0.213 e. The molecule has 0 N–H and O–H groups in total. The molecule has 0 bridgehead atoms. The number of sulfonamides is 1. The molecule has 1 atom stereocenters. The van der Waals surface area contributed by atoms with Crippen molar-refractivity contribution in [1.29, 1.82) is 0 Å². The van der Waals surface area contributed by atoms with Crippen LogP contribution in [0.3, 0.4) is 0 Å². The zero-order valence-electron chi connectivity index (χ0n) is 11.6. The summed E-state index contributed by atoms with van der Waals surface area (Å²) in [6.45, 7) is 6.69. The molecule has 5 heteroatoms. The Labute approximate surface area is 116 Å². The molecule has 0 aromatic heterocycles. The van der Waals surface area contributed by atoms with E-state index in [-0.39, 0.29) is 5.75 Å². The van der Waals surface area contributed by atoms with Crippen LogP contribution in [0.25, 0.3) is 0 Å². The van der Waals surface area contributed by atoms with Crippen molar-refractivity contribution in [2.45, 2.75) is 19.9 Å². The lowest BCUT2D eigenvalue weighted by molar-refractivity contribution is 0.146. The highest BCUT2D eigenvalue weighted by Gasteiger charge is 2.27. The van der Waals surface area contributed by atoms with E-state index in [9.17, 15) is 8.42 Å². The molecule has 1 aromatic rings. The fourth-order valence-corrected chi connectivity index (χ4v) is 3.58. The summed E-state index contributed by atoms with van der Waals surface area (Å²) in [5.41, 5.74) is 1.29. The first-order valence-corrected chi connectivity index (χ1v) is 8.42. The third-order valence-electron chi connectivity index (χ3n) is 3.86. The lowest BCUT2D eigenvalue weighted by Gasteiger charge is -2.37. The van der Waals surface area contributed by atoms with Gasteiger partial charge in [-0.2, -0.15) is 4.31 Å². The van der Waals surface area contributed by atoms with Gasteiger partial charge in [-0.1, -0.05) is 30.3 Å². The average Bonchev–Trinajstić information content (AvgIpc) is 2.47. The van der Waals surface area contributed by atoms with Crippen LogP contribution in [0.4, 0.5) is 0 Å². The van der Waals surface area contributed by atoms with Crippen LogP contribution >= 0.6 is 0 Å². The number of hydrogen-bond donors (Lipinski definition) is 0. The van der Waals surface area contributed by atoms with Gasteiger partial charge in [0.25, 0.3) is 0 Å². The monoisotopic (exact) mass is 282 g/mol. The summed E-state index contributed by atoms with van der Waals surface area (Å²) >= 11 is 0. The largest absolute Gasteiger partial charge is 0.294 e. The highest BCUT2D eigenvalue weighted by atomic mass is 32.2. The molecule has 0 aliphatic carbocycles. The standard InChI is InChI=1S/C14H22N2O2S/c1-3-19(17,18)16-11-9-15(10-12-16)13(2)14-7-5-4-6-8-14/h4-8,13H,3,9-12H2,1-2H3. The van der Waals surface area contributed by atoms with Crippen LogP contribution in [0.1, 0.15) is 25.5 Å². The molecule has 1 saturated heterocycles. The molecule has 19 heavy (non-hydrogen) atoms. The lowest BCUT2D eigenvalue weighted by Crippen LogP contribution is -2.49. The molecule has 1 heterocycles. The molecule has 4 nitrogen and oxygen atoms in total. The van der Waals surface area contributed by atoms with Gasteiger partial charge in [-0.15, -0.1) is 0 Å². The van der Waals surface area contributed by atoms with Crippen molar-refractivity contribution in [3.05, 3.63) is 35.9 Å². The molecule has 1 aliphatic heterocycles. The van der Waals surface area contributed by atoms with E-state index in [4.69, 9.17) is 0 Å². The van der Waals surface area contributed by atoms with Gasteiger partial charge in [-0.05, 0) is 19.4 Å². The zero-order chi connectivity index (χ0) is 13.9. The second-order valence-electron chi connectivity index (χ2n) is 4.92. The van der Waals surface area contributed by atoms with Crippen LogP contribution in [0.15, 0.2) is 30.3 Å². The third kappa shape index (κ3) is 3.35. The van der Waals surface area contributed by atoms with E-state index in [2.05, 4.69) is 24.0 Å². The Morgan fingerprint density at radius 1 is 1.11 bits per heavy atom. The molecule has 2 rings (SSSR count). The van der Waals surface area contributed by atoms with Gasteiger partial charge in [0.15, 0.2) is 0 Å². The molecule has 0 radical (unpaired) electrons. The predicted octanol–water partition coefficient (Wildman–Crippen LogP) is 1.71. The molecule has 1 fully saturated rings. The molecule has 1 unspecified atom stereocenters. The molecule has 106 valence electrons. The summed E-state index contributed by atoms with van der Waals surface area (Å²) in [6, 6.07) is 10.7. The van der Waals surface area contributed by atoms with E-state index in [1.165, 1.54) is 5.56 Å². The van der Waals surface area contributed by atoms with Gasteiger partial charge in [0.05, 0.1) is 5.75 Å². The quantitative estimate of drug-likeness (QED) is 0.844. The van der Waals surface area contributed by atoms with Gasteiger partial charge < -0.3 is 0 Å². The fraction of sp³-hybridized carbons (Fsp3) is 0.571. The maximum absolute atomic E-state index is 11.8. The summed E-state index contributed by atoms with van der Waals surface area (Å²) in [5, 5.41) is 0. The number of hydrogen-bond acceptors (Lipinski definition) is 3. The summed E-state index contributed by atoms with van der Waals surface area (Å²) in [5.74, 6) is 0.196. The molecule has 0 spiro atoms. The topological polar surface area (TPSA) is 40.6 Å². The van der Waals surface area contributed by atoms with E-state index in [0.717, 1.165) is 13.1 Å². The van der Waals surface area contributed by atoms with E-state index in [0.29, 0.717) is 19.1 Å². The minimum Gasteiger partial charge on any atom is -0.294 e. The van der Waals surface area contributed by atoms with Crippen molar-refractivity contribution < 1.29 is 8.42 Å². The van der Waals surface area contributed by atoms with Crippen molar-refractivity contribution in [2.24, 2.45) is 0 Å². The summed E-state index contributed by atoms with van der Waals surface area (Å²) < 4.78 is 25.2. The van der Waals surface area contributed by atoms with Crippen molar-refractivity contribution >= 4 is 10.0 Å². The van der Waals surface area contributed by atoms with Crippen LogP contribution in [-0.2, 0) is 10.0 Å². The first kappa shape index (κ1) is 14.5. The number of piperazine rings is 1. The fourth-order valence-electron chi connectivity index (χ4n) is 2.49. The predicted molar refractivity (Wildman–Crippen MR) is 77.5 cm³/mol. The second-order valence-corrected chi connectivity index (χ2v) is 7.18. The summed E-state index contributed by atoms with van der Waals surface area (Å²) in [7, 11) is -3.03. The Kier molecular flexibility index (Phi) is 4.60. The van der Waals surface area contributed by atoms with Crippen molar-refractivity contribution in [1.82, 2.24) is 9.21 Å². The smallest absolute Gasteiger partial charge is 0.213 e. The Morgan fingerprint density at radius 3 is 2.21 bits per heavy atom. The number of benzene rings is 1. The molecule has 0 amide bonds.